The van der Waals surface area contributed by atoms with Gasteiger partial charge in [-0.2, -0.15) is 0 Å². The molecule has 1 atom stereocenters. The van der Waals surface area contributed by atoms with Crippen molar-refractivity contribution in [1.82, 2.24) is 15.1 Å². The van der Waals surface area contributed by atoms with Gasteiger partial charge in [0, 0.05) is 50.8 Å². The number of rotatable bonds is 6. The number of nitrogens with zero attached hydrogens (tertiary/aromatic N) is 2. The highest BCUT2D eigenvalue weighted by atomic mass is 15.3. The van der Waals surface area contributed by atoms with Crippen molar-refractivity contribution in [3.8, 4) is 0 Å². The van der Waals surface area contributed by atoms with E-state index in [9.17, 15) is 0 Å². The predicted octanol–water partition coefficient (Wildman–Crippen LogP) is 2.51. The molecule has 1 aliphatic heterocycles. The van der Waals surface area contributed by atoms with Crippen LogP contribution < -0.4 is 5.32 Å². The van der Waals surface area contributed by atoms with Crippen molar-refractivity contribution in [3.05, 3.63) is 35.9 Å². The summed E-state index contributed by atoms with van der Waals surface area (Å²) in [5.41, 5.74) is 1.46. The fraction of sp³-hybridized carbons (Fsp3) is 0.667. The van der Waals surface area contributed by atoms with Crippen LogP contribution in [-0.4, -0.2) is 54.6 Å². The molecule has 1 unspecified atom stereocenters. The van der Waals surface area contributed by atoms with E-state index in [1.165, 1.54) is 44.6 Å². The molecule has 0 amide bonds. The Balaban J connectivity index is 1.64. The third-order valence-corrected chi connectivity index (χ3v) is 4.88. The zero-order valence-corrected chi connectivity index (χ0v) is 13.5. The van der Waals surface area contributed by atoms with Gasteiger partial charge in [-0.1, -0.05) is 30.3 Å². The van der Waals surface area contributed by atoms with Crippen molar-refractivity contribution >= 4 is 0 Å². The van der Waals surface area contributed by atoms with Gasteiger partial charge in [-0.3, -0.25) is 9.80 Å². The molecule has 21 heavy (non-hydrogen) atoms. The van der Waals surface area contributed by atoms with E-state index in [4.69, 9.17) is 0 Å². The van der Waals surface area contributed by atoms with Gasteiger partial charge >= 0.3 is 0 Å². The first kappa shape index (κ1) is 15.0. The zero-order valence-electron chi connectivity index (χ0n) is 13.5. The molecular formula is C18H29N3. The van der Waals surface area contributed by atoms with Crippen molar-refractivity contribution in [1.29, 1.82) is 0 Å². The van der Waals surface area contributed by atoms with Crippen LogP contribution in [0.5, 0.6) is 0 Å². The average molecular weight is 287 g/mol. The highest BCUT2D eigenvalue weighted by Crippen LogP contribution is 2.25. The molecule has 0 bridgehead atoms. The predicted molar refractivity (Wildman–Crippen MR) is 88.5 cm³/mol. The van der Waals surface area contributed by atoms with E-state index in [2.05, 4.69) is 59.3 Å². The maximum atomic E-state index is 3.73. The van der Waals surface area contributed by atoms with Gasteiger partial charge in [0.1, 0.15) is 0 Å². The highest BCUT2D eigenvalue weighted by molar-refractivity contribution is 5.20. The first-order chi connectivity index (χ1) is 10.2. The van der Waals surface area contributed by atoms with Gasteiger partial charge in [-0.25, -0.2) is 0 Å². The average Bonchev–Trinajstić information content (AvgIpc) is 3.33. The van der Waals surface area contributed by atoms with Gasteiger partial charge in [-0.05, 0) is 32.3 Å². The summed E-state index contributed by atoms with van der Waals surface area (Å²) in [4.78, 5) is 5.26. The van der Waals surface area contributed by atoms with Gasteiger partial charge in [-0.15, -0.1) is 0 Å². The molecule has 3 nitrogen and oxygen atoms in total. The SMILES string of the molecule is CC(C)N1CCN(C(CNC2CC2)c2ccccc2)CC1. The van der Waals surface area contributed by atoms with Gasteiger partial charge in [0.2, 0.25) is 0 Å². The van der Waals surface area contributed by atoms with Crippen LogP contribution in [0.1, 0.15) is 38.3 Å². The van der Waals surface area contributed by atoms with Crippen LogP contribution >= 0.6 is 0 Å². The number of nitrogens with one attached hydrogen (secondary N) is 1. The molecule has 1 saturated carbocycles. The lowest BCUT2D eigenvalue weighted by atomic mass is 10.0. The fourth-order valence-electron chi connectivity index (χ4n) is 3.26. The van der Waals surface area contributed by atoms with Gasteiger partial charge in [0.05, 0.1) is 0 Å². The third kappa shape index (κ3) is 4.06. The summed E-state index contributed by atoms with van der Waals surface area (Å²) in [6.45, 7) is 10.5. The van der Waals surface area contributed by atoms with E-state index < -0.39 is 0 Å². The van der Waals surface area contributed by atoms with Crippen LogP contribution in [0.2, 0.25) is 0 Å². The minimum absolute atomic E-state index is 0.529. The van der Waals surface area contributed by atoms with Crippen LogP contribution in [0.15, 0.2) is 30.3 Å². The van der Waals surface area contributed by atoms with Crippen LogP contribution in [0.4, 0.5) is 0 Å². The Morgan fingerprint density at radius 2 is 1.62 bits per heavy atom. The fourth-order valence-corrected chi connectivity index (χ4v) is 3.26. The minimum atomic E-state index is 0.529. The van der Waals surface area contributed by atoms with E-state index >= 15 is 0 Å². The normalized spacial score (nSPS) is 22.6. The lowest BCUT2D eigenvalue weighted by Gasteiger charge is -2.41. The second-order valence-electron chi connectivity index (χ2n) is 6.77. The van der Waals surface area contributed by atoms with Crippen LogP contribution in [0.25, 0.3) is 0 Å². The molecule has 0 aromatic heterocycles. The molecular weight excluding hydrogens is 258 g/mol. The Bertz CT molecular complexity index is 419. The summed E-state index contributed by atoms with van der Waals surface area (Å²) in [7, 11) is 0. The second-order valence-corrected chi connectivity index (χ2v) is 6.77. The number of hydrogen-bond acceptors (Lipinski definition) is 3. The van der Waals surface area contributed by atoms with Crippen LogP contribution in [0.3, 0.4) is 0 Å². The van der Waals surface area contributed by atoms with Crippen molar-refractivity contribution in [2.75, 3.05) is 32.7 Å². The molecule has 2 aliphatic rings. The second kappa shape index (κ2) is 6.91. The first-order valence-electron chi connectivity index (χ1n) is 8.50. The van der Waals surface area contributed by atoms with E-state index in [1.54, 1.807) is 0 Å². The zero-order chi connectivity index (χ0) is 14.7. The Labute approximate surface area is 129 Å². The monoisotopic (exact) mass is 287 g/mol. The molecule has 0 spiro atoms. The van der Waals surface area contributed by atoms with Crippen molar-refractivity contribution in [2.24, 2.45) is 0 Å². The quantitative estimate of drug-likeness (QED) is 0.867. The number of hydrogen-bond donors (Lipinski definition) is 1. The Morgan fingerprint density at radius 3 is 2.19 bits per heavy atom. The van der Waals surface area contributed by atoms with Crippen molar-refractivity contribution < 1.29 is 0 Å². The summed E-state index contributed by atoms with van der Waals surface area (Å²) < 4.78 is 0. The number of benzene rings is 1. The van der Waals surface area contributed by atoms with Gasteiger partial charge in [0.15, 0.2) is 0 Å². The largest absolute Gasteiger partial charge is 0.312 e. The van der Waals surface area contributed by atoms with Crippen LogP contribution in [0, 0.1) is 0 Å². The molecule has 1 aromatic rings. The lowest BCUT2D eigenvalue weighted by molar-refractivity contribution is 0.0772. The minimum Gasteiger partial charge on any atom is -0.312 e. The molecule has 116 valence electrons. The standard InChI is InChI=1S/C18H29N3/c1-15(2)20-10-12-21(13-11-20)18(14-19-17-8-9-17)16-6-4-3-5-7-16/h3-7,15,17-19H,8-14H2,1-2H3. The highest BCUT2D eigenvalue weighted by Gasteiger charge is 2.28. The Morgan fingerprint density at radius 1 is 1.00 bits per heavy atom. The molecule has 1 aromatic carbocycles. The van der Waals surface area contributed by atoms with Crippen molar-refractivity contribution in [3.63, 3.8) is 0 Å². The molecule has 1 heterocycles. The smallest absolute Gasteiger partial charge is 0.0473 e. The van der Waals surface area contributed by atoms with Gasteiger partial charge in [0.25, 0.3) is 0 Å². The Kier molecular flexibility index (Phi) is 4.94. The molecule has 1 saturated heterocycles. The van der Waals surface area contributed by atoms with E-state index in [1.807, 2.05) is 0 Å². The summed E-state index contributed by atoms with van der Waals surface area (Å²) in [5, 5.41) is 3.73. The third-order valence-electron chi connectivity index (χ3n) is 4.88. The summed E-state index contributed by atoms with van der Waals surface area (Å²) in [5.74, 6) is 0. The van der Waals surface area contributed by atoms with E-state index in [0.717, 1.165) is 12.6 Å². The summed E-state index contributed by atoms with van der Waals surface area (Å²) in [6, 6.07) is 13.0. The summed E-state index contributed by atoms with van der Waals surface area (Å²) >= 11 is 0. The molecule has 1 N–H and O–H groups in total. The van der Waals surface area contributed by atoms with Crippen LogP contribution in [-0.2, 0) is 0 Å². The topological polar surface area (TPSA) is 18.5 Å². The maximum absolute atomic E-state index is 3.73. The Hall–Kier alpha value is -0.900. The first-order valence-corrected chi connectivity index (χ1v) is 8.50. The molecule has 3 heteroatoms. The molecule has 1 aliphatic carbocycles. The molecule has 0 radical (unpaired) electrons. The number of piperazine rings is 1. The lowest BCUT2D eigenvalue weighted by Crippen LogP contribution is -2.51. The summed E-state index contributed by atoms with van der Waals surface area (Å²) in [6.07, 6.45) is 2.73. The van der Waals surface area contributed by atoms with Crippen molar-refractivity contribution in [2.45, 2.75) is 44.8 Å². The van der Waals surface area contributed by atoms with E-state index in [-0.39, 0.29) is 0 Å². The van der Waals surface area contributed by atoms with Gasteiger partial charge < -0.3 is 5.32 Å². The molecule has 3 rings (SSSR count). The van der Waals surface area contributed by atoms with E-state index in [0.29, 0.717) is 12.1 Å². The maximum Gasteiger partial charge on any atom is 0.0473 e. The molecule has 2 fully saturated rings.